The predicted molar refractivity (Wildman–Crippen MR) is 79.3 cm³/mol. The second-order valence-electron chi connectivity index (χ2n) is 4.99. The van der Waals surface area contributed by atoms with Gasteiger partial charge in [-0.1, -0.05) is 23.7 Å². The minimum atomic E-state index is -0.506. The fourth-order valence-electron chi connectivity index (χ4n) is 2.60. The smallest absolute Gasteiger partial charge is 0.131 e. The van der Waals surface area contributed by atoms with Gasteiger partial charge in [-0.25, -0.2) is 4.39 Å². The van der Waals surface area contributed by atoms with Gasteiger partial charge in [-0.15, -0.1) is 0 Å². The Hall–Kier alpha value is -1.78. The van der Waals surface area contributed by atoms with Crippen LogP contribution in [0.4, 0.5) is 4.39 Å². The molecular formula is C16H15ClFNO2. The average molecular weight is 308 g/mol. The molecule has 3 rings (SSSR count). The van der Waals surface area contributed by atoms with E-state index in [9.17, 15) is 4.39 Å². The van der Waals surface area contributed by atoms with Gasteiger partial charge in [0.25, 0.3) is 0 Å². The van der Waals surface area contributed by atoms with Crippen LogP contribution in [-0.2, 0) is 0 Å². The van der Waals surface area contributed by atoms with Gasteiger partial charge in [0.1, 0.15) is 23.4 Å². The molecule has 110 valence electrons. The third-order valence-electron chi connectivity index (χ3n) is 3.68. The third kappa shape index (κ3) is 2.57. The largest absolute Gasteiger partial charge is 0.497 e. The van der Waals surface area contributed by atoms with Crippen molar-refractivity contribution < 1.29 is 13.9 Å². The maximum atomic E-state index is 14.1. The lowest BCUT2D eigenvalue weighted by Crippen LogP contribution is -2.25. The molecule has 0 bridgehead atoms. The summed E-state index contributed by atoms with van der Waals surface area (Å²) in [7, 11) is 1.58. The zero-order chi connectivity index (χ0) is 15.0. The number of halogens is 2. The van der Waals surface area contributed by atoms with Crippen LogP contribution in [0.25, 0.3) is 0 Å². The molecule has 0 fully saturated rings. The lowest BCUT2D eigenvalue weighted by atomic mass is 9.93. The van der Waals surface area contributed by atoms with E-state index in [1.165, 1.54) is 6.07 Å². The van der Waals surface area contributed by atoms with Crippen LogP contribution in [0.3, 0.4) is 0 Å². The van der Waals surface area contributed by atoms with E-state index in [-0.39, 0.29) is 11.9 Å². The Labute approximate surface area is 127 Å². The van der Waals surface area contributed by atoms with Crippen molar-refractivity contribution in [3.05, 3.63) is 58.4 Å². The maximum absolute atomic E-state index is 14.1. The van der Waals surface area contributed by atoms with Gasteiger partial charge >= 0.3 is 0 Å². The Morgan fingerprint density at radius 1 is 1.33 bits per heavy atom. The highest BCUT2D eigenvalue weighted by Crippen LogP contribution is 2.43. The van der Waals surface area contributed by atoms with Crippen molar-refractivity contribution in [3.8, 4) is 11.5 Å². The number of nitrogens with two attached hydrogens (primary N) is 1. The number of methoxy groups -OCH3 is 1. The lowest BCUT2D eigenvalue weighted by molar-refractivity contribution is 0.157. The molecule has 0 spiro atoms. The van der Waals surface area contributed by atoms with E-state index in [1.54, 1.807) is 25.3 Å². The normalized spacial score (nSPS) is 20.6. The Kier molecular flexibility index (Phi) is 3.74. The lowest BCUT2D eigenvalue weighted by Gasteiger charge is -2.31. The van der Waals surface area contributed by atoms with Crippen LogP contribution >= 0.6 is 11.6 Å². The van der Waals surface area contributed by atoms with E-state index in [4.69, 9.17) is 26.8 Å². The zero-order valence-corrected chi connectivity index (χ0v) is 12.2. The molecule has 1 heterocycles. The molecule has 2 aromatic carbocycles. The van der Waals surface area contributed by atoms with Gasteiger partial charge in [0, 0.05) is 29.7 Å². The predicted octanol–water partition coefficient (Wildman–Crippen LogP) is 4.01. The van der Waals surface area contributed by atoms with E-state index >= 15 is 0 Å². The Morgan fingerprint density at radius 2 is 2.14 bits per heavy atom. The molecule has 0 aliphatic carbocycles. The molecule has 5 heteroatoms. The number of benzene rings is 2. The van der Waals surface area contributed by atoms with Crippen LogP contribution in [0.1, 0.15) is 29.7 Å². The zero-order valence-electron chi connectivity index (χ0n) is 11.5. The first-order valence-corrected chi connectivity index (χ1v) is 7.02. The molecule has 2 atom stereocenters. The Balaban J connectivity index is 2.01. The number of fused-ring (bicyclic) bond motifs is 1. The summed E-state index contributed by atoms with van der Waals surface area (Å²) in [6, 6.07) is 9.82. The molecule has 0 aromatic heterocycles. The second-order valence-corrected chi connectivity index (χ2v) is 5.39. The van der Waals surface area contributed by atoms with Crippen LogP contribution < -0.4 is 15.2 Å². The van der Waals surface area contributed by atoms with Gasteiger partial charge in [0.15, 0.2) is 0 Å². The maximum Gasteiger partial charge on any atom is 0.131 e. The third-order valence-corrected chi connectivity index (χ3v) is 4.01. The molecule has 2 N–H and O–H groups in total. The molecule has 3 nitrogen and oxygen atoms in total. The van der Waals surface area contributed by atoms with E-state index in [0.717, 1.165) is 5.56 Å². The first kappa shape index (κ1) is 14.2. The summed E-state index contributed by atoms with van der Waals surface area (Å²) < 4.78 is 25.1. The summed E-state index contributed by atoms with van der Waals surface area (Å²) in [5, 5.41) is 0.346. The first-order valence-electron chi connectivity index (χ1n) is 6.64. The van der Waals surface area contributed by atoms with Crippen molar-refractivity contribution in [2.75, 3.05) is 7.11 Å². The number of rotatable bonds is 2. The second kappa shape index (κ2) is 5.54. The molecule has 2 unspecified atom stereocenters. The molecule has 1 aliphatic rings. The van der Waals surface area contributed by atoms with Crippen LogP contribution in [0.2, 0.25) is 5.02 Å². The number of ether oxygens (including phenoxy) is 2. The molecule has 0 amide bonds. The minimum absolute atomic E-state index is 0.236. The van der Waals surface area contributed by atoms with Crippen LogP contribution in [-0.4, -0.2) is 7.11 Å². The van der Waals surface area contributed by atoms with Gasteiger partial charge in [-0.2, -0.15) is 0 Å². The minimum Gasteiger partial charge on any atom is -0.497 e. The number of hydrogen-bond donors (Lipinski definition) is 1. The SMILES string of the molecule is COc1ccc2c(c1)OC(c1c(F)cccc1Cl)CC2N. The number of hydrogen-bond acceptors (Lipinski definition) is 3. The highest BCUT2D eigenvalue weighted by atomic mass is 35.5. The highest BCUT2D eigenvalue weighted by Gasteiger charge is 2.30. The average Bonchev–Trinajstić information content (AvgIpc) is 2.46. The van der Waals surface area contributed by atoms with Crippen LogP contribution in [0.15, 0.2) is 36.4 Å². The molecule has 0 saturated heterocycles. The van der Waals surface area contributed by atoms with Crippen molar-refractivity contribution in [2.45, 2.75) is 18.6 Å². The van der Waals surface area contributed by atoms with Gasteiger partial charge < -0.3 is 15.2 Å². The fourth-order valence-corrected chi connectivity index (χ4v) is 2.89. The molecular weight excluding hydrogens is 293 g/mol. The summed E-state index contributed by atoms with van der Waals surface area (Å²) in [4.78, 5) is 0. The quantitative estimate of drug-likeness (QED) is 0.911. The van der Waals surface area contributed by atoms with Gasteiger partial charge in [-0.05, 0) is 18.2 Å². The molecule has 0 saturated carbocycles. The summed E-state index contributed by atoms with van der Waals surface area (Å²) in [5.74, 6) is 0.893. The Morgan fingerprint density at radius 3 is 2.86 bits per heavy atom. The van der Waals surface area contributed by atoms with Gasteiger partial charge in [0.05, 0.1) is 12.1 Å². The summed E-state index contributed by atoms with van der Waals surface area (Å²) in [5.41, 5.74) is 7.42. The van der Waals surface area contributed by atoms with Crippen molar-refractivity contribution in [2.24, 2.45) is 5.73 Å². The van der Waals surface area contributed by atoms with Crippen molar-refractivity contribution in [3.63, 3.8) is 0 Å². The highest BCUT2D eigenvalue weighted by molar-refractivity contribution is 6.31. The van der Waals surface area contributed by atoms with Crippen LogP contribution in [0, 0.1) is 5.82 Å². The van der Waals surface area contributed by atoms with E-state index in [0.29, 0.717) is 28.5 Å². The standard InChI is InChI=1S/C16H15ClFNO2/c1-20-9-5-6-10-13(19)8-15(21-14(10)7-9)16-11(17)3-2-4-12(16)18/h2-7,13,15H,8,19H2,1H3. The van der Waals surface area contributed by atoms with E-state index in [1.807, 2.05) is 12.1 Å². The fraction of sp³-hybridized carbons (Fsp3) is 0.250. The summed E-state index contributed by atoms with van der Waals surface area (Å²) in [6.07, 6.45) is -0.0340. The van der Waals surface area contributed by atoms with E-state index < -0.39 is 6.10 Å². The summed E-state index contributed by atoms with van der Waals surface area (Å²) in [6.45, 7) is 0. The van der Waals surface area contributed by atoms with Crippen molar-refractivity contribution in [1.82, 2.24) is 0 Å². The Bertz CT molecular complexity index is 657. The monoisotopic (exact) mass is 307 g/mol. The molecule has 2 aromatic rings. The van der Waals surface area contributed by atoms with E-state index in [2.05, 4.69) is 0 Å². The van der Waals surface area contributed by atoms with Gasteiger partial charge in [0.2, 0.25) is 0 Å². The summed E-state index contributed by atoms with van der Waals surface area (Å²) >= 11 is 6.11. The van der Waals surface area contributed by atoms with Crippen LogP contribution in [0.5, 0.6) is 11.5 Å². The van der Waals surface area contributed by atoms with Crippen molar-refractivity contribution >= 4 is 11.6 Å². The van der Waals surface area contributed by atoms with Crippen molar-refractivity contribution in [1.29, 1.82) is 0 Å². The molecule has 21 heavy (non-hydrogen) atoms. The molecule has 1 aliphatic heterocycles. The topological polar surface area (TPSA) is 44.5 Å². The first-order chi connectivity index (χ1) is 10.1. The van der Waals surface area contributed by atoms with Gasteiger partial charge in [-0.3, -0.25) is 0 Å². The molecule has 0 radical (unpaired) electrons.